The van der Waals surface area contributed by atoms with Crippen LogP contribution in [0.5, 0.6) is 5.75 Å². The molecular weight excluding hydrogens is 380 g/mol. The van der Waals surface area contributed by atoms with Crippen LogP contribution >= 0.6 is 0 Å². The fourth-order valence-electron chi connectivity index (χ4n) is 3.15. The fraction of sp³-hybridized carbons (Fsp3) is 0.333. The van der Waals surface area contributed by atoms with Crippen molar-refractivity contribution in [2.24, 2.45) is 0 Å². The predicted molar refractivity (Wildman–Crippen MR) is 116 cm³/mol. The van der Waals surface area contributed by atoms with Crippen molar-refractivity contribution in [3.8, 4) is 17.2 Å². The minimum atomic E-state index is -0.832. The van der Waals surface area contributed by atoms with Gasteiger partial charge >= 0.3 is 5.97 Å². The molecule has 1 aromatic heterocycles. The Balaban J connectivity index is 1.52. The summed E-state index contributed by atoms with van der Waals surface area (Å²) < 4.78 is 11.6. The second-order valence-electron chi connectivity index (χ2n) is 7.18. The molecule has 0 amide bonds. The Kier molecular flexibility index (Phi) is 7.63. The maximum Gasteiger partial charge on any atom is 0.321 e. The van der Waals surface area contributed by atoms with Crippen molar-refractivity contribution in [2.45, 2.75) is 39.2 Å². The number of rotatable bonds is 11. The van der Waals surface area contributed by atoms with Crippen LogP contribution in [-0.2, 0) is 17.6 Å². The van der Waals surface area contributed by atoms with E-state index >= 15 is 0 Å². The van der Waals surface area contributed by atoms with Gasteiger partial charge in [-0.05, 0) is 56.1 Å². The van der Waals surface area contributed by atoms with Crippen LogP contribution in [0.15, 0.2) is 59.0 Å². The number of aryl methyl sites for hydroxylation is 1. The first-order chi connectivity index (χ1) is 14.6. The van der Waals surface area contributed by atoms with E-state index in [1.165, 1.54) is 0 Å². The Morgan fingerprint density at radius 3 is 2.57 bits per heavy atom. The molecule has 3 aromatic rings. The molecule has 0 saturated heterocycles. The number of hydrogen-bond donors (Lipinski definition) is 2. The van der Waals surface area contributed by atoms with E-state index in [4.69, 9.17) is 9.15 Å². The first-order valence-electron chi connectivity index (χ1n) is 10.3. The summed E-state index contributed by atoms with van der Waals surface area (Å²) in [5.41, 5.74) is 2.80. The van der Waals surface area contributed by atoms with Crippen molar-refractivity contribution < 1.29 is 19.1 Å². The molecule has 0 aliphatic carbocycles. The Hall–Kier alpha value is -3.12. The Morgan fingerprint density at radius 1 is 1.17 bits per heavy atom. The zero-order valence-electron chi connectivity index (χ0n) is 17.4. The van der Waals surface area contributed by atoms with Crippen molar-refractivity contribution in [1.29, 1.82) is 0 Å². The van der Waals surface area contributed by atoms with E-state index < -0.39 is 12.0 Å². The van der Waals surface area contributed by atoms with Gasteiger partial charge in [0.2, 0.25) is 5.89 Å². The summed E-state index contributed by atoms with van der Waals surface area (Å²) in [6.45, 7) is 5.10. The second kappa shape index (κ2) is 10.6. The molecule has 0 bridgehead atoms. The number of carbonyl (C=O) groups is 1. The normalized spacial score (nSPS) is 11.9. The van der Waals surface area contributed by atoms with Crippen molar-refractivity contribution in [3.63, 3.8) is 0 Å². The number of carboxylic acids is 1. The molecule has 1 heterocycles. The van der Waals surface area contributed by atoms with Gasteiger partial charge in [0.05, 0.1) is 12.3 Å². The van der Waals surface area contributed by atoms with Crippen LogP contribution in [-0.4, -0.2) is 35.3 Å². The Labute approximate surface area is 176 Å². The van der Waals surface area contributed by atoms with E-state index in [1.807, 2.05) is 68.4 Å². The average Bonchev–Trinajstić information content (AvgIpc) is 3.13. The van der Waals surface area contributed by atoms with Gasteiger partial charge in [-0.3, -0.25) is 4.79 Å². The van der Waals surface area contributed by atoms with E-state index in [9.17, 15) is 9.90 Å². The number of ether oxygens (including phenoxy) is 1. The lowest BCUT2D eigenvalue weighted by atomic mass is 10.1. The SMILES string of the molecule is CCCN[C@@H](Cc1ccc(OCCc2nc(-c3ccccc3)oc2C)cc1)C(=O)O. The summed E-state index contributed by atoms with van der Waals surface area (Å²) >= 11 is 0. The number of oxazole rings is 1. The van der Waals surface area contributed by atoms with Gasteiger partial charge in [0.15, 0.2) is 0 Å². The van der Waals surface area contributed by atoms with E-state index in [0.29, 0.717) is 31.9 Å². The summed E-state index contributed by atoms with van der Waals surface area (Å²) in [6.07, 6.45) is 1.98. The minimum absolute atomic E-state index is 0.440. The molecule has 0 unspecified atom stereocenters. The zero-order chi connectivity index (χ0) is 21.3. The van der Waals surface area contributed by atoms with Gasteiger partial charge in [-0.15, -0.1) is 0 Å². The maximum atomic E-state index is 11.4. The third kappa shape index (κ3) is 5.94. The number of aliphatic carboxylic acids is 1. The van der Waals surface area contributed by atoms with Crippen LogP contribution < -0.4 is 10.1 Å². The molecule has 2 N–H and O–H groups in total. The van der Waals surface area contributed by atoms with Gasteiger partial charge in [0, 0.05) is 12.0 Å². The van der Waals surface area contributed by atoms with Crippen LogP contribution in [0.25, 0.3) is 11.5 Å². The molecule has 6 heteroatoms. The molecule has 0 aliphatic rings. The average molecular weight is 408 g/mol. The van der Waals surface area contributed by atoms with Gasteiger partial charge in [-0.1, -0.05) is 37.3 Å². The number of aromatic nitrogens is 1. The number of nitrogens with one attached hydrogen (secondary N) is 1. The van der Waals surface area contributed by atoms with E-state index in [2.05, 4.69) is 10.3 Å². The van der Waals surface area contributed by atoms with Crippen LogP contribution in [0.1, 0.15) is 30.4 Å². The highest BCUT2D eigenvalue weighted by atomic mass is 16.5. The third-order valence-electron chi connectivity index (χ3n) is 4.82. The highest BCUT2D eigenvalue weighted by Crippen LogP contribution is 2.22. The quantitative estimate of drug-likeness (QED) is 0.493. The first-order valence-corrected chi connectivity index (χ1v) is 10.3. The molecule has 2 aromatic carbocycles. The number of nitrogens with zero attached hydrogens (tertiary/aromatic N) is 1. The Bertz CT molecular complexity index is 936. The van der Waals surface area contributed by atoms with Crippen molar-refractivity contribution in [1.82, 2.24) is 10.3 Å². The zero-order valence-corrected chi connectivity index (χ0v) is 17.4. The molecule has 30 heavy (non-hydrogen) atoms. The largest absolute Gasteiger partial charge is 0.493 e. The van der Waals surface area contributed by atoms with Crippen LogP contribution in [0.2, 0.25) is 0 Å². The lowest BCUT2D eigenvalue weighted by molar-refractivity contribution is -0.139. The molecular formula is C24H28N2O4. The van der Waals surface area contributed by atoms with Gasteiger partial charge in [0.1, 0.15) is 17.6 Å². The topological polar surface area (TPSA) is 84.6 Å². The molecule has 1 atom stereocenters. The van der Waals surface area contributed by atoms with Gasteiger partial charge in [0.25, 0.3) is 0 Å². The number of benzene rings is 2. The summed E-state index contributed by atoms with van der Waals surface area (Å²) in [4.78, 5) is 16.0. The van der Waals surface area contributed by atoms with Crippen molar-refractivity contribution in [3.05, 3.63) is 71.6 Å². The summed E-state index contributed by atoms with van der Waals surface area (Å²) in [7, 11) is 0. The lowest BCUT2D eigenvalue weighted by Crippen LogP contribution is -2.38. The summed E-state index contributed by atoms with van der Waals surface area (Å²) in [5, 5.41) is 12.4. The van der Waals surface area contributed by atoms with Crippen molar-refractivity contribution >= 4 is 5.97 Å². The predicted octanol–water partition coefficient (Wildman–Crippen LogP) is 4.27. The second-order valence-corrected chi connectivity index (χ2v) is 7.18. The standard InChI is InChI=1S/C24H28N2O4/c1-3-14-25-22(24(27)28)16-18-9-11-20(12-10-18)29-15-13-21-17(2)30-23(26-21)19-7-5-4-6-8-19/h4-12,22,25H,3,13-16H2,1-2H3,(H,27,28)/t22-/m0/s1. The van der Waals surface area contributed by atoms with Gasteiger partial charge in [-0.25, -0.2) is 4.98 Å². The van der Waals surface area contributed by atoms with Crippen molar-refractivity contribution in [2.75, 3.05) is 13.2 Å². The van der Waals surface area contributed by atoms with E-state index in [0.717, 1.165) is 34.8 Å². The molecule has 0 spiro atoms. The van der Waals surface area contributed by atoms with Crippen LogP contribution in [0.3, 0.4) is 0 Å². The van der Waals surface area contributed by atoms with E-state index in [-0.39, 0.29) is 0 Å². The molecule has 0 radical (unpaired) electrons. The van der Waals surface area contributed by atoms with E-state index in [1.54, 1.807) is 0 Å². The van der Waals surface area contributed by atoms with Crippen LogP contribution in [0, 0.1) is 6.92 Å². The third-order valence-corrected chi connectivity index (χ3v) is 4.82. The fourth-order valence-corrected chi connectivity index (χ4v) is 3.15. The molecule has 0 fully saturated rings. The smallest absolute Gasteiger partial charge is 0.321 e. The number of carboxylic acid groups (broad SMARTS) is 1. The van der Waals surface area contributed by atoms with Crippen LogP contribution in [0.4, 0.5) is 0 Å². The molecule has 0 saturated carbocycles. The summed E-state index contributed by atoms with van der Waals surface area (Å²) in [5.74, 6) is 1.34. The summed E-state index contributed by atoms with van der Waals surface area (Å²) in [6, 6.07) is 16.8. The maximum absolute atomic E-state index is 11.4. The molecule has 0 aliphatic heterocycles. The molecule has 6 nitrogen and oxygen atoms in total. The Morgan fingerprint density at radius 2 is 1.90 bits per heavy atom. The highest BCUT2D eigenvalue weighted by molar-refractivity contribution is 5.73. The van der Waals surface area contributed by atoms with Gasteiger partial charge < -0.3 is 19.6 Å². The minimum Gasteiger partial charge on any atom is -0.493 e. The molecule has 3 rings (SSSR count). The molecule has 158 valence electrons. The first kappa shape index (κ1) is 21.6. The highest BCUT2D eigenvalue weighted by Gasteiger charge is 2.16. The number of hydrogen-bond acceptors (Lipinski definition) is 5. The monoisotopic (exact) mass is 408 g/mol. The lowest BCUT2D eigenvalue weighted by Gasteiger charge is -2.14. The van der Waals surface area contributed by atoms with Gasteiger partial charge in [-0.2, -0.15) is 0 Å².